The van der Waals surface area contributed by atoms with Gasteiger partial charge >= 0.3 is 5.97 Å². The van der Waals surface area contributed by atoms with Gasteiger partial charge in [-0.2, -0.15) is 0 Å². The number of hydrogen-bond donors (Lipinski definition) is 0. The summed E-state index contributed by atoms with van der Waals surface area (Å²) in [6.07, 6.45) is 1.78. The summed E-state index contributed by atoms with van der Waals surface area (Å²) in [5, 5.41) is 0. The zero-order chi connectivity index (χ0) is 16.7. The Morgan fingerprint density at radius 2 is 2.04 bits per heavy atom. The number of piperidine rings is 1. The van der Waals surface area contributed by atoms with E-state index in [2.05, 4.69) is 36.9 Å². The Bertz CT molecular complexity index is 493. The molecule has 1 aliphatic rings. The smallest absolute Gasteiger partial charge is 0.309 e. The van der Waals surface area contributed by atoms with Crippen LogP contribution in [0.5, 0.6) is 5.75 Å². The minimum Gasteiger partial charge on any atom is -0.492 e. The summed E-state index contributed by atoms with van der Waals surface area (Å²) in [6.45, 7) is 10.2. The van der Waals surface area contributed by atoms with E-state index in [1.165, 1.54) is 5.56 Å². The average Bonchev–Trinajstić information content (AvgIpc) is 2.56. The quantitative estimate of drug-likeness (QED) is 0.722. The molecule has 2 rings (SSSR count). The molecule has 1 aromatic carbocycles. The summed E-state index contributed by atoms with van der Waals surface area (Å²) in [4.78, 5) is 14.1. The molecule has 1 fully saturated rings. The summed E-state index contributed by atoms with van der Waals surface area (Å²) in [5.74, 6) is 1.50. The highest BCUT2D eigenvalue weighted by molar-refractivity contribution is 5.72. The fourth-order valence-corrected chi connectivity index (χ4v) is 2.91. The van der Waals surface area contributed by atoms with Crippen LogP contribution in [-0.2, 0) is 9.53 Å². The summed E-state index contributed by atoms with van der Waals surface area (Å²) >= 11 is 0. The van der Waals surface area contributed by atoms with Gasteiger partial charge in [-0.1, -0.05) is 26.0 Å². The second kappa shape index (κ2) is 8.92. The van der Waals surface area contributed by atoms with Crippen LogP contribution < -0.4 is 4.74 Å². The van der Waals surface area contributed by atoms with Crippen LogP contribution in [0.25, 0.3) is 0 Å². The molecule has 0 amide bonds. The van der Waals surface area contributed by atoms with E-state index < -0.39 is 0 Å². The third kappa shape index (κ3) is 5.54. The molecule has 0 N–H and O–H groups in total. The van der Waals surface area contributed by atoms with E-state index in [1.807, 2.05) is 13.0 Å². The van der Waals surface area contributed by atoms with Crippen molar-refractivity contribution >= 4 is 5.97 Å². The molecule has 4 heteroatoms. The molecular formula is C19H29NO3. The van der Waals surface area contributed by atoms with Gasteiger partial charge in [-0.25, -0.2) is 0 Å². The van der Waals surface area contributed by atoms with Crippen molar-refractivity contribution in [1.29, 1.82) is 0 Å². The predicted octanol–water partition coefficient (Wildman–Crippen LogP) is 3.46. The molecule has 0 atom stereocenters. The fraction of sp³-hybridized carbons (Fsp3) is 0.632. The van der Waals surface area contributed by atoms with Crippen LogP contribution in [-0.4, -0.2) is 43.7 Å². The number of ether oxygens (including phenoxy) is 2. The summed E-state index contributed by atoms with van der Waals surface area (Å²) in [6, 6.07) is 8.32. The second-order valence-corrected chi connectivity index (χ2v) is 6.44. The van der Waals surface area contributed by atoms with Crippen molar-refractivity contribution < 1.29 is 14.3 Å². The lowest BCUT2D eigenvalue weighted by Crippen LogP contribution is -2.39. The summed E-state index contributed by atoms with van der Waals surface area (Å²) in [5.41, 5.74) is 1.30. The maximum atomic E-state index is 11.7. The van der Waals surface area contributed by atoms with Crippen LogP contribution in [0.2, 0.25) is 0 Å². The van der Waals surface area contributed by atoms with Crippen LogP contribution in [0.4, 0.5) is 0 Å². The highest BCUT2D eigenvalue weighted by atomic mass is 16.5. The first kappa shape index (κ1) is 17.8. The molecule has 1 aliphatic heterocycles. The average molecular weight is 319 g/mol. The molecule has 0 aromatic heterocycles. The number of rotatable bonds is 7. The molecule has 4 nitrogen and oxygen atoms in total. The largest absolute Gasteiger partial charge is 0.492 e. The van der Waals surface area contributed by atoms with Crippen molar-refractivity contribution in [2.45, 2.75) is 39.5 Å². The van der Waals surface area contributed by atoms with Crippen LogP contribution >= 0.6 is 0 Å². The second-order valence-electron chi connectivity index (χ2n) is 6.44. The highest BCUT2D eigenvalue weighted by Crippen LogP contribution is 2.21. The zero-order valence-corrected chi connectivity index (χ0v) is 14.6. The van der Waals surface area contributed by atoms with Gasteiger partial charge < -0.3 is 9.47 Å². The first-order chi connectivity index (χ1) is 11.1. The molecular weight excluding hydrogens is 290 g/mol. The lowest BCUT2D eigenvalue weighted by Gasteiger charge is -2.30. The van der Waals surface area contributed by atoms with Crippen molar-refractivity contribution in [3.05, 3.63) is 29.8 Å². The van der Waals surface area contributed by atoms with Gasteiger partial charge in [0.15, 0.2) is 0 Å². The SMILES string of the molecule is CCOC(=O)C1CCN(CCOc2cccc(C(C)C)c2)CC1. The monoisotopic (exact) mass is 319 g/mol. The van der Waals surface area contributed by atoms with Gasteiger partial charge in [0.1, 0.15) is 12.4 Å². The fourth-order valence-electron chi connectivity index (χ4n) is 2.91. The number of benzene rings is 1. The van der Waals surface area contributed by atoms with Crippen molar-refractivity contribution in [2.75, 3.05) is 32.8 Å². The highest BCUT2D eigenvalue weighted by Gasteiger charge is 2.25. The Hall–Kier alpha value is -1.55. The maximum Gasteiger partial charge on any atom is 0.309 e. The van der Waals surface area contributed by atoms with Crippen molar-refractivity contribution in [2.24, 2.45) is 5.92 Å². The molecule has 0 spiro atoms. The minimum absolute atomic E-state index is 0.0334. The molecule has 1 aromatic rings. The molecule has 0 bridgehead atoms. The first-order valence-electron chi connectivity index (χ1n) is 8.72. The van der Waals surface area contributed by atoms with Crippen molar-refractivity contribution in [1.82, 2.24) is 4.90 Å². The van der Waals surface area contributed by atoms with Crippen LogP contribution in [0, 0.1) is 5.92 Å². The van der Waals surface area contributed by atoms with Gasteiger partial charge in [0.25, 0.3) is 0 Å². The molecule has 1 saturated heterocycles. The number of esters is 1. The molecule has 0 aliphatic carbocycles. The Kier molecular flexibility index (Phi) is 6.90. The van der Waals surface area contributed by atoms with Gasteiger partial charge in [-0.15, -0.1) is 0 Å². The third-order valence-corrected chi connectivity index (χ3v) is 4.41. The Morgan fingerprint density at radius 3 is 2.70 bits per heavy atom. The number of likely N-dealkylation sites (tertiary alicyclic amines) is 1. The zero-order valence-electron chi connectivity index (χ0n) is 14.6. The number of hydrogen-bond acceptors (Lipinski definition) is 4. The Morgan fingerprint density at radius 1 is 1.30 bits per heavy atom. The van der Waals surface area contributed by atoms with Crippen molar-refractivity contribution in [3.8, 4) is 5.75 Å². The van der Waals surface area contributed by atoms with E-state index >= 15 is 0 Å². The Labute approximate surface area is 139 Å². The molecule has 0 unspecified atom stereocenters. The molecule has 23 heavy (non-hydrogen) atoms. The van der Waals surface area contributed by atoms with E-state index in [0.717, 1.165) is 38.2 Å². The van der Waals surface area contributed by atoms with E-state index in [4.69, 9.17) is 9.47 Å². The normalized spacial score (nSPS) is 16.5. The summed E-state index contributed by atoms with van der Waals surface area (Å²) < 4.78 is 11.0. The van der Waals surface area contributed by atoms with Gasteiger partial charge in [0.2, 0.25) is 0 Å². The van der Waals surface area contributed by atoms with Gasteiger partial charge in [-0.05, 0) is 56.5 Å². The lowest BCUT2D eigenvalue weighted by molar-refractivity contribution is -0.149. The van der Waals surface area contributed by atoms with Gasteiger partial charge in [-0.3, -0.25) is 9.69 Å². The molecule has 0 radical (unpaired) electrons. The first-order valence-corrected chi connectivity index (χ1v) is 8.72. The van der Waals surface area contributed by atoms with E-state index in [9.17, 15) is 4.79 Å². The van der Waals surface area contributed by atoms with Crippen LogP contribution in [0.1, 0.15) is 45.1 Å². The third-order valence-electron chi connectivity index (χ3n) is 4.41. The number of nitrogens with zero attached hydrogens (tertiary/aromatic N) is 1. The maximum absolute atomic E-state index is 11.7. The lowest BCUT2D eigenvalue weighted by atomic mass is 9.97. The van der Waals surface area contributed by atoms with E-state index in [1.54, 1.807) is 0 Å². The topological polar surface area (TPSA) is 38.8 Å². The number of carbonyl (C=O) groups is 1. The number of carbonyl (C=O) groups excluding carboxylic acids is 1. The van der Waals surface area contributed by atoms with Crippen LogP contribution in [0.3, 0.4) is 0 Å². The van der Waals surface area contributed by atoms with Crippen molar-refractivity contribution in [3.63, 3.8) is 0 Å². The van der Waals surface area contributed by atoms with E-state index in [-0.39, 0.29) is 11.9 Å². The van der Waals surface area contributed by atoms with Gasteiger partial charge in [0.05, 0.1) is 12.5 Å². The minimum atomic E-state index is -0.0334. The standard InChI is InChI=1S/C19H29NO3/c1-4-22-19(21)16-8-10-20(11-9-16)12-13-23-18-7-5-6-17(14-18)15(2)3/h5-7,14-16H,4,8-13H2,1-3H3. The Balaban J connectivity index is 1.70. The predicted molar refractivity (Wildman–Crippen MR) is 91.8 cm³/mol. The molecule has 0 saturated carbocycles. The van der Waals surface area contributed by atoms with Crippen LogP contribution in [0.15, 0.2) is 24.3 Å². The van der Waals surface area contributed by atoms with E-state index in [0.29, 0.717) is 19.1 Å². The summed E-state index contributed by atoms with van der Waals surface area (Å²) in [7, 11) is 0. The molecule has 128 valence electrons. The van der Waals surface area contributed by atoms with Gasteiger partial charge in [0, 0.05) is 6.54 Å². The molecule has 1 heterocycles.